The molecule has 3 rings (SSSR count). The second-order valence-corrected chi connectivity index (χ2v) is 6.28. The largest absolute Gasteiger partial charge is 0.378 e. The molecule has 0 spiro atoms. The molecule has 22 heavy (non-hydrogen) atoms. The van der Waals surface area contributed by atoms with E-state index in [0.717, 1.165) is 57.7 Å². The predicted octanol–water partition coefficient (Wildman–Crippen LogP) is 2.34. The first-order valence-corrected chi connectivity index (χ1v) is 8.35. The molecule has 5 nitrogen and oxygen atoms in total. The van der Waals surface area contributed by atoms with Gasteiger partial charge in [0.05, 0.1) is 16.8 Å². The Morgan fingerprint density at radius 3 is 2.86 bits per heavy atom. The summed E-state index contributed by atoms with van der Waals surface area (Å²) in [6.07, 6.45) is 7.39. The Kier molecular flexibility index (Phi) is 5.16. The average Bonchev–Trinajstić information content (AvgIpc) is 3.07. The summed E-state index contributed by atoms with van der Waals surface area (Å²) >= 11 is 6.18. The van der Waals surface area contributed by atoms with E-state index in [-0.39, 0.29) is 5.91 Å². The molecule has 0 saturated carbocycles. The van der Waals surface area contributed by atoms with Gasteiger partial charge in [0.15, 0.2) is 0 Å². The van der Waals surface area contributed by atoms with E-state index < -0.39 is 0 Å². The first kappa shape index (κ1) is 15.6. The minimum absolute atomic E-state index is 0.246. The lowest BCUT2D eigenvalue weighted by molar-refractivity contribution is -0.132. The lowest BCUT2D eigenvalue weighted by atomic mass is 10.1. The van der Waals surface area contributed by atoms with Crippen LogP contribution in [0.15, 0.2) is 18.5 Å². The van der Waals surface area contributed by atoms with Crippen LogP contribution < -0.4 is 4.90 Å². The third-order valence-corrected chi connectivity index (χ3v) is 4.72. The quantitative estimate of drug-likeness (QED) is 0.853. The molecule has 2 aliphatic rings. The molecule has 3 heterocycles. The van der Waals surface area contributed by atoms with Crippen LogP contribution in [-0.2, 0) is 9.53 Å². The average molecular weight is 324 g/mol. The summed E-state index contributed by atoms with van der Waals surface area (Å²) in [5, 5.41) is 0.667. The number of nitrogens with zero attached hydrogens (tertiary/aromatic N) is 3. The number of carbonyl (C=O) groups excluding carboxylic acids is 1. The van der Waals surface area contributed by atoms with Crippen molar-refractivity contribution in [2.45, 2.75) is 31.8 Å². The summed E-state index contributed by atoms with van der Waals surface area (Å²) in [4.78, 5) is 20.5. The van der Waals surface area contributed by atoms with Gasteiger partial charge >= 0.3 is 0 Å². The number of piperazine rings is 1. The zero-order valence-corrected chi connectivity index (χ0v) is 13.5. The van der Waals surface area contributed by atoms with E-state index in [1.807, 2.05) is 11.0 Å². The summed E-state index contributed by atoms with van der Waals surface area (Å²) in [5.74, 6) is 0.246. The lowest BCUT2D eigenvalue weighted by Gasteiger charge is -2.36. The van der Waals surface area contributed by atoms with Crippen molar-refractivity contribution in [3.63, 3.8) is 0 Å². The van der Waals surface area contributed by atoms with Crippen molar-refractivity contribution in [1.82, 2.24) is 9.88 Å². The molecule has 0 aliphatic carbocycles. The second kappa shape index (κ2) is 7.29. The smallest absolute Gasteiger partial charge is 0.222 e. The van der Waals surface area contributed by atoms with Crippen molar-refractivity contribution in [3.05, 3.63) is 23.5 Å². The zero-order chi connectivity index (χ0) is 15.4. The van der Waals surface area contributed by atoms with Crippen LogP contribution in [0.3, 0.4) is 0 Å². The van der Waals surface area contributed by atoms with Gasteiger partial charge in [0.25, 0.3) is 0 Å². The van der Waals surface area contributed by atoms with Crippen molar-refractivity contribution in [2.75, 3.05) is 37.7 Å². The van der Waals surface area contributed by atoms with Gasteiger partial charge in [-0.05, 0) is 25.3 Å². The molecule has 0 N–H and O–H groups in total. The predicted molar refractivity (Wildman–Crippen MR) is 86.2 cm³/mol. The van der Waals surface area contributed by atoms with Crippen molar-refractivity contribution >= 4 is 23.2 Å². The van der Waals surface area contributed by atoms with E-state index >= 15 is 0 Å². The molecule has 2 fully saturated rings. The van der Waals surface area contributed by atoms with Crippen LogP contribution in [0.25, 0.3) is 0 Å². The number of aromatic nitrogens is 1. The zero-order valence-electron chi connectivity index (χ0n) is 12.7. The molecule has 2 saturated heterocycles. The number of hydrogen-bond donors (Lipinski definition) is 0. The van der Waals surface area contributed by atoms with Gasteiger partial charge in [-0.3, -0.25) is 9.78 Å². The fourth-order valence-electron chi connectivity index (χ4n) is 3.14. The summed E-state index contributed by atoms with van der Waals surface area (Å²) in [7, 11) is 0. The number of pyridine rings is 1. The Morgan fingerprint density at radius 1 is 1.36 bits per heavy atom. The molecule has 0 unspecified atom stereocenters. The number of anilines is 1. The van der Waals surface area contributed by atoms with Crippen LogP contribution >= 0.6 is 11.6 Å². The van der Waals surface area contributed by atoms with Crippen LogP contribution in [0.2, 0.25) is 5.02 Å². The molecule has 1 atom stereocenters. The van der Waals surface area contributed by atoms with Gasteiger partial charge in [-0.1, -0.05) is 11.6 Å². The van der Waals surface area contributed by atoms with Gasteiger partial charge < -0.3 is 14.5 Å². The molecule has 1 aromatic heterocycles. The molecule has 1 aromatic rings. The van der Waals surface area contributed by atoms with Crippen LogP contribution in [0.1, 0.15) is 25.7 Å². The molecule has 1 amide bonds. The number of halogens is 1. The first-order valence-electron chi connectivity index (χ1n) is 7.98. The third-order valence-electron chi connectivity index (χ3n) is 4.43. The number of carbonyl (C=O) groups is 1. The highest BCUT2D eigenvalue weighted by Crippen LogP contribution is 2.25. The Bertz CT molecular complexity index is 512. The van der Waals surface area contributed by atoms with E-state index in [0.29, 0.717) is 17.5 Å². The van der Waals surface area contributed by atoms with E-state index in [1.165, 1.54) is 0 Å². The summed E-state index contributed by atoms with van der Waals surface area (Å²) in [6, 6.07) is 1.93. The minimum atomic E-state index is 0.246. The maximum absolute atomic E-state index is 12.3. The minimum Gasteiger partial charge on any atom is -0.378 e. The highest BCUT2D eigenvalue weighted by atomic mass is 35.5. The summed E-state index contributed by atoms with van der Waals surface area (Å²) in [5.41, 5.74) is 1.00. The Hall–Kier alpha value is -1.33. The van der Waals surface area contributed by atoms with Crippen molar-refractivity contribution in [3.8, 4) is 0 Å². The maximum atomic E-state index is 12.3. The molecule has 2 aliphatic heterocycles. The molecule has 120 valence electrons. The fourth-order valence-corrected chi connectivity index (χ4v) is 3.37. The normalized spacial score (nSPS) is 22.1. The van der Waals surface area contributed by atoms with Crippen molar-refractivity contribution in [1.29, 1.82) is 0 Å². The molecule has 0 bridgehead atoms. The monoisotopic (exact) mass is 323 g/mol. The fraction of sp³-hybridized carbons (Fsp3) is 0.625. The molecular weight excluding hydrogens is 302 g/mol. The van der Waals surface area contributed by atoms with Gasteiger partial charge in [-0.25, -0.2) is 0 Å². The van der Waals surface area contributed by atoms with Crippen molar-refractivity contribution < 1.29 is 9.53 Å². The molecule has 0 aromatic carbocycles. The van der Waals surface area contributed by atoms with E-state index in [1.54, 1.807) is 12.4 Å². The molecule has 0 radical (unpaired) electrons. The molecular formula is C16H22ClN3O2. The first-order chi connectivity index (χ1) is 10.7. The summed E-state index contributed by atoms with van der Waals surface area (Å²) in [6.45, 7) is 3.99. The van der Waals surface area contributed by atoms with Gasteiger partial charge in [0.1, 0.15) is 0 Å². The molecule has 6 heteroatoms. The van der Waals surface area contributed by atoms with Gasteiger partial charge in [0, 0.05) is 51.6 Å². The van der Waals surface area contributed by atoms with Gasteiger partial charge in [0.2, 0.25) is 5.91 Å². The van der Waals surface area contributed by atoms with Crippen LogP contribution in [0, 0.1) is 0 Å². The number of ether oxygens (including phenoxy) is 1. The van der Waals surface area contributed by atoms with E-state index in [4.69, 9.17) is 16.3 Å². The maximum Gasteiger partial charge on any atom is 0.222 e. The number of rotatable bonds is 4. The highest BCUT2D eigenvalue weighted by Gasteiger charge is 2.24. The second-order valence-electron chi connectivity index (χ2n) is 5.87. The Balaban J connectivity index is 1.46. The van der Waals surface area contributed by atoms with Gasteiger partial charge in [-0.15, -0.1) is 0 Å². The Morgan fingerprint density at radius 2 is 2.18 bits per heavy atom. The number of amides is 1. The third kappa shape index (κ3) is 3.70. The number of hydrogen-bond acceptors (Lipinski definition) is 4. The van der Waals surface area contributed by atoms with Crippen LogP contribution in [0.5, 0.6) is 0 Å². The van der Waals surface area contributed by atoms with E-state index in [9.17, 15) is 4.79 Å². The van der Waals surface area contributed by atoms with Crippen LogP contribution in [-0.4, -0.2) is 54.7 Å². The van der Waals surface area contributed by atoms with Crippen molar-refractivity contribution in [2.24, 2.45) is 0 Å². The Labute approximate surface area is 136 Å². The van der Waals surface area contributed by atoms with Gasteiger partial charge in [-0.2, -0.15) is 0 Å². The van der Waals surface area contributed by atoms with E-state index in [2.05, 4.69) is 9.88 Å². The lowest BCUT2D eigenvalue weighted by Crippen LogP contribution is -2.49. The highest BCUT2D eigenvalue weighted by molar-refractivity contribution is 6.33. The standard InChI is InChI=1S/C16H22ClN3O2/c17-14-12-18-6-5-15(14)19-7-9-20(10-8-19)16(21)4-3-13-2-1-11-22-13/h5-6,12-13H,1-4,7-11H2/t13-/m1/s1. The van der Waals surface area contributed by atoms with Crippen LogP contribution in [0.4, 0.5) is 5.69 Å². The SMILES string of the molecule is O=C(CC[C@H]1CCCO1)N1CCN(c2ccncc2Cl)CC1. The topological polar surface area (TPSA) is 45.7 Å². The summed E-state index contributed by atoms with van der Waals surface area (Å²) < 4.78 is 5.58.